The van der Waals surface area contributed by atoms with Gasteiger partial charge in [-0.25, -0.2) is 0 Å². The zero-order valence-corrected chi connectivity index (χ0v) is 14.8. The lowest BCUT2D eigenvalue weighted by molar-refractivity contribution is -0.134. The van der Waals surface area contributed by atoms with Crippen LogP contribution in [0.1, 0.15) is 30.3 Å². The van der Waals surface area contributed by atoms with Crippen LogP contribution in [0.2, 0.25) is 0 Å². The fourth-order valence-electron chi connectivity index (χ4n) is 2.51. The molecule has 0 aliphatic carbocycles. The van der Waals surface area contributed by atoms with E-state index in [1.807, 2.05) is 25.6 Å². The third-order valence-electron chi connectivity index (χ3n) is 4.17. The smallest absolute Gasteiger partial charge is 0.311 e. The molecule has 0 radical (unpaired) electrons. The maximum atomic E-state index is 12.0. The van der Waals surface area contributed by atoms with Crippen molar-refractivity contribution in [3.63, 3.8) is 0 Å². The summed E-state index contributed by atoms with van der Waals surface area (Å²) in [5, 5.41) is 4.35. The zero-order valence-electron chi connectivity index (χ0n) is 14.8. The summed E-state index contributed by atoms with van der Waals surface area (Å²) in [5.74, 6) is 0.132. The lowest BCUT2D eigenvalue weighted by Gasteiger charge is -2.15. The Bertz CT molecular complexity index is 748. The van der Waals surface area contributed by atoms with Crippen molar-refractivity contribution in [2.45, 2.75) is 33.6 Å². The highest BCUT2D eigenvalue weighted by Crippen LogP contribution is 2.20. The number of carbonyl (C=O) groups is 2. The van der Waals surface area contributed by atoms with E-state index < -0.39 is 0 Å². The number of nitrogens with zero attached hydrogens (tertiary/aromatic N) is 3. The van der Waals surface area contributed by atoms with Gasteiger partial charge in [-0.05, 0) is 50.1 Å². The molecule has 2 aromatic rings. The first-order chi connectivity index (χ1) is 11.3. The van der Waals surface area contributed by atoms with Crippen LogP contribution >= 0.6 is 0 Å². The third-order valence-corrected chi connectivity index (χ3v) is 4.17. The standard InChI is InChI=1S/C18H23N3O3/c1-12-17(13(2)21(5)19-12)10-11-18(23)24-16-8-6-15(7-9-16)20(4)14(3)22/h6-9H,10-11H2,1-5H3. The SMILES string of the molecule is CC(=O)N(C)c1ccc(OC(=O)CCc2c(C)nn(C)c2C)cc1. The lowest BCUT2D eigenvalue weighted by atomic mass is 10.1. The van der Waals surface area contributed by atoms with Gasteiger partial charge >= 0.3 is 5.97 Å². The van der Waals surface area contributed by atoms with Crippen molar-refractivity contribution in [1.29, 1.82) is 0 Å². The Morgan fingerprint density at radius 1 is 1.21 bits per heavy atom. The molecule has 0 N–H and O–H groups in total. The third kappa shape index (κ3) is 4.01. The van der Waals surface area contributed by atoms with Gasteiger partial charge in [-0.3, -0.25) is 14.3 Å². The highest BCUT2D eigenvalue weighted by atomic mass is 16.5. The number of esters is 1. The summed E-state index contributed by atoms with van der Waals surface area (Å²) in [7, 11) is 3.59. The minimum atomic E-state index is -0.287. The normalized spacial score (nSPS) is 10.5. The van der Waals surface area contributed by atoms with Gasteiger partial charge in [0, 0.05) is 32.4 Å². The van der Waals surface area contributed by atoms with Crippen molar-refractivity contribution in [1.82, 2.24) is 9.78 Å². The molecule has 0 aliphatic heterocycles. The van der Waals surface area contributed by atoms with E-state index in [0.717, 1.165) is 22.6 Å². The van der Waals surface area contributed by atoms with Gasteiger partial charge in [-0.15, -0.1) is 0 Å². The van der Waals surface area contributed by atoms with Crippen LogP contribution in [0.5, 0.6) is 5.75 Å². The van der Waals surface area contributed by atoms with Crippen LogP contribution < -0.4 is 9.64 Å². The molecule has 6 heteroatoms. The number of amides is 1. The number of carbonyl (C=O) groups excluding carboxylic acids is 2. The monoisotopic (exact) mass is 329 g/mol. The molecule has 0 spiro atoms. The molecule has 2 rings (SSSR count). The largest absolute Gasteiger partial charge is 0.427 e. The van der Waals surface area contributed by atoms with Gasteiger partial charge in [0.1, 0.15) is 5.75 Å². The molecule has 0 bridgehead atoms. The number of benzene rings is 1. The molecular weight excluding hydrogens is 306 g/mol. The molecule has 1 amide bonds. The van der Waals surface area contributed by atoms with Crippen molar-refractivity contribution in [2.75, 3.05) is 11.9 Å². The highest BCUT2D eigenvalue weighted by Gasteiger charge is 2.13. The molecule has 24 heavy (non-hydrogen) atoms. The van der Waals surface area contributed by atoms with Crippen LogP contribution in [0.15, 0.2) is 24.3 Å². The van der Waals surface area contributed by atoms with Gasteiger partial charge in [-0.1, -0.05) is 0 Å². The van der Waals surface area contributed by atoms with Crippen LogP contribution in [-0.2, 0) is 23.1 Å². The summed E-state index contributed by atoms with van der Waals surface area (Å²) in [6.07, 6.45) is 0.901. The first-order valence-electron chi connectivity index (χ1n) is 7.83. The van der Waals surface area contributed by atoms with Crippen molar-refractivity contribution in [3.05, 3.63) is 41.2 Å². The molecule has 128 valence electrons. The van der Waals surface area contributed by atoms with Gasteiger partial charge in [-0.2, -0.15) is 5.10 Å². The number of aryl methyl sites for hydroxylation is 2. The Morgan fingerprint density at radius 3 is 2.33 bits per heavy atom. The molecule has 0 unspecified atom stereocenters. The molecule has 6 nitrogen and oxygen atoms in total. The van der Waals surface area contributed by atoms with Crippen LogP contribution in [0.4, 0.5) is 5.69 Å². The van der Waals surface area contributed by atoms with Gasteiger partial charge in [0.25, 0.3) is 0 Å². The van der Waals surface area contributed by atoms with Crippen LogP contribution in [0.25, 0.3) is 0 Å². The lowest BCUT2D eigenvalue weighted by Crippen LogP contribution is -2.22. The van der Waals surface area contributed by atoms with E-state index in [1.54, 1.807) is 31.3 Å². The van der Waals surface area contributed by atoms with E-state index in [1.165, 1.54) is 11.8 Å². The van der Waals surface area contributed by atoms with E-state index in [9.17, 15) is 9.59 Å². The summed E-state index contributed by atoms with van der Waals surface area (Å²) in [4.78, 5) is 24.9. The molecule has 0 aliphatic rings. The van der Waals surface area contributed by atoms with Crippen molar-refractivity contribution in [3.8, 4) is 5.75 Å². The Hall–Kier alpha value is -2.63. The molecule has 1 aromatic heterocycles. The average molecular weight is 329 g/mol. The van der Waals surface area contributed by atoms with E-state index >= 15 is 0 Å². The van der Waals surface area contributed by atoms with Crippen molar-refractivity contribution < 1.29 is 14.3 Å². The van der Waals surface area contributed by atoms with E-state index in [4.69, 9.17) is 4.74 Å². The van der Waals surface area contributed by atoms with Crippen molar-refractivity contribution >= 4 is 17.6 Å². The summed E-state index contributed by atoms with van der Waals surface area (Å²) in [6, 6.07) is 6.87. The first-order valence-corrected chi connectivity index (χ1v) is 7.83. The average Bonchev–Trinajstić information content (AvgIpc) is 2.78. The maximum Gasteiger partial charge on any atom is 0.311 e. The first kappa shape index (κ1) is 17.7. The van der Waals surface area contributed by atoms with E-state index in [0.29, 0.717) is 18.6 Å². The quantitative estimate of drug-likeness (QED) is 0.625. The number of hydrogen-bond donors (Lipinski definition) is 0. The molecule has 0 saturated carbocycles. The van der Waals surface area contributed by atoms with Gasteiger partial charge in [0.2, 0.25) is 5.91 Å². The van der Waals surface area contributed by atoms with Gasteiger partial charge in [0.05, 0.1) is 12.1 Å². The molecular formula is C18H23N3O3. The number of aromatic nitrogens is 2. The van der Waals surface area contributed by atoms with E-state index in [2.05, 4.69) is 5.10 Å². The topological polar surface area (TPSA) is 64.4 Å². The van der Waals surface area contributed by atoms with Gasteiger partial charge in [0.15, 0.2) is 0 Å². The van der Waals surface area contributed by atoms with Crippen molar-refractivity contribution in [2.24, 2.45) is 7.05 Å². The van der Waals surface area contributed by atoms with Crippen LogP contribution in [0.3, 0.4) is 0 Å². The minimum absolute atomic E-state index is 0.0537. The summed E-state index contributed by atoms with van der Waals surface area (Å²) >= 11 is 0. The van der Waals surface area contributed by atoms with Crippen LogP contribution in [0, 0.1) is 13.8 Å². The number of anilines is 1. The fourth-order valence-corrected chi connectivity index (χ4v) is 2.51. The number of rotatable bonds is 5. The molecule has 1 aromatic carbocycles. The summed E-state index contributed by atoms with van der Waals surface area (Å²) in [5.41, 5.74) is 3.85. The molecule has 0 fully saturated rings. The molecule has 1 heterocycles. The van der Waals surface area contributed by atoms with E-state index in [-0.39, 0.29) is 11.9 Å². The Labute approximate surface area is 142 Å². The second kappa shape index (κ2) is 7.29. The second-order valence-corrected chi connectivity index (χ2v) is 5.82. The highest BCUT2D eigenvalue weighted by molar-refractivity contribution is 5.90. The molecule has 0 saturated heterocycles. The minimum Gasteiger partial charge on any atom is -0.427 e. The van der Waals surface area contributed by atoms with Crippen LogP contribution in [-0.4, -0.2) is 28.7 Å². The zero-order chi connectivity index (χ0) is 17.9. The predicted molar refractivity (Wildman–Crippen MR) is 92.2 cm³/mol. The Balaban J connectivity index is 1.94. The van der Waals surface area contributed by atoms with Gasteiger partial charge < -0.3 is 9.64 Å². The number of ether oxygens (including phenoxy) is 1. The second-order valence-electron chi connectivity index (χ2n) is 5.82. The Morgan fingerprint density at radius 2 is 1.83 bits per heavy atom. The number of hydrogen-bond acceptors (Lipinski definition) is 4. The summed E-state index contributed by atoms with van der Waals surface area (Å²) in [6.45, 7) is 5.43. The Kier molecular flexibility index (Phi) is 5.39. The maximum absolute atomic E-state index is 12.0. The fraction of sp³-hybridized carbons (Fsp3) is 0.389. The molecule has 0 atom stereocenters. The predicted octanol–water partition coefficient (Wildman–Crippen LogP) is 2.56. The summed E-state index contributed by atoms with van der Waals surface area (Å²) < 4.78 is 7.17.